The molecule has 0 aliphatic heterocycles. The van der Waals surface area contributed by atoms with Crippen LogP contribution < -0.4 is 0 Å². The van der Waals surface area contributed by atoms with Gasteiger partial charge in [0.2, 0.25) is 0 Å². The zero-order valence-corrected chi connectivity index (χ0v) is 4.86. The predicted octanol–water partition coefficient (Wildman–Crippen LogP) is 1.11. The van der Waals surface area contributed by atoms with Gasteiger partial charge in [0, 0.05) is 14.2 Å². The molecule has 0 unspecified atom stereocenters. The first-order valence-corrected chi connectivity index (χ1v) is 0.816. The Labute approximate surface area is 44.5 Å². The predicted molar refractivity (Wildman–Crippen MR) is 27.4 cm³/mol. The Kier molecular flexibility index (Phi) is 84.9. The molecule has 0 aromatic rings. The molecule has 0 spiro atoms. The van der Waals surface area contributed by atoms with Gasteiger partial charge < -0.3 is 4.74 Å². The molecule has 0 atom stereocenters. The van der Waals surface area contributed by atoms with Crippen LogP contribution in [0.5, 0.6) is 0 Å². The van der Waals surface area contributed by atoms with E-state index in [1.54, 1.807) is 14.2 Å². The van der Waals surface area contributed by atoms with Crippen LogP contribution in [0.3, 0.4) is 0 Å². The monoisotopic (exact) mass is 118 g/mol. The van der Waals surface area contributed by atoms with E-state index < -0.39 is 0 Å². The average Bonchev–Trinajstić information content (AvgIpc) is 0.918. The average molecular weight is 119 g/mol. The van der Waals surface area contributed by atoms with Crippen molar-refractivity contribution in [2.75, 3.05) is 14.2 Å². The summed E-state index contributed by atoms with van der Waals surface area (Å²) in [6.45, 7) is 0. The maximum Gasteiger partial charge on any atom is 0.0351 e. The summed E-state index contributed by atoms with van der Waals surface area (Å²) in [7, 11) is 3.25. The molecule has 0 fully saturated rings. The van der Waals surface area contributed by atoms with E-state index in [2.05, 4.69) is 4.74 Å². The maximum absolute atomic E-state index is 4.25. The van der Waals surface area contributed by atoms with Gasteiger partial charge in [0.15, 0.2) is 0 Å². The molecule has 3 heteroatoms. The van der Waals surface area contributed by atoms with Crippen LogP contribution in [0.1, 0.15) is 0 Å². The van der Waals surface area contributed by atoms with Crippen LogP contribution in [-0.4, -0.2) is 14.2 Å². The number of hydrogen-bond donors (Lipinski definition) is 0. The van der Waals surface area contributed by atoms with E-state index in [1.165, 1.54) is 0 Å². The Morgan fingerprint density at radius 1 is 1.00 bits per heavy atom. The van der Waals surface area contributed by atoms with E-state index >= 15 is 0 Å². The molecule has 0 aliphatic rings. The van der Waals surface area contributed by atoms with Crippen molar-refractivity contribution in [2.45, 2.75) is 0 Å². The van der Waals surface area contributed by atoms with Crippen LogP contribution in [0.2, 0.25) is 0 Å². The van der Waals surface area contributed by atoms with E-state index in [0.717, 1.165) is 0 Å². The molecule has 0 radical (unpaired) electrons. The maximum atomic E-state index is 4.25. The zero-order chi connectivity index (χ0) is 2.71. The number of hydrogen-bond acceptors (Lipinski definition) is 1. The molecule has 0 aromatic carbocycles. The molecule has 0 saturated heterocycles. The molecule has 5 heavy (non-hydrogen) atoms. The van der Waals surface area contributed by atoms with Crippen LogP contribution in [0.4, 0.5) is 0 Å². The second-order valence-electron chi connectivity index (χ2n) is 0.408. The molecule has 0 bridgehead atoms. The van der Waals surface area contributed by atoms with Crippen LogP contribution in [0.15, 0.2) is 0 Å². The fourth-order valence-corrected chi connectivity index (χ4v) is 0. The van der Waals surface area contributed by atoms with Crippen molar-refractivity contribution >= 4 is 24.8 Å². The Morgan fingerprint density at radius 3 is 1.00 bits per heavy atom. The SMILES string of the molecule is COC.Cl.Cl. The van der Waals surface area contributed by atoms with E-state index in [0.29, 0.717) is 0 Å². The molecular formula is C2H8Cl2O. The first-order chi connectivity index (χ1) is 1.41. The molecule has 0 aliphatic carbocycles. The Hall–Kier alpha value is 0.540. The summed E-state index contributed by atoms with van der Waals surface area (Å²) >= 11 is 0. The molecule has 0 aromatic heterocycles. The lowest BCUT2D eigenvalue weighted by Crippen LogP contribution is -1.55. The topological polar surface area (TPSA) is 9.23 Å². The molecule has 0 N–H and O–H groups in total. The summed E-state index contributed by atoms with van der Waals surface area (Å²) in [5.74, 6) is 0. The van der Waals surface area contributed by atoms with Crippen molar-refractivity contribution in [1.82, 2.24) is 0 Å². The van der Waals surface area contributed by atoms with Crippen molar-refractivity contribution < 1.29 is 4.74 Å². The molecule has 36 valence electrons. The zero-order valence-electron chi connectivity index (χ0n) is 3.22. The Balaban J connectivity index is -0.0000000200. The third-order valence-corrected chi connectivity index (χ3v) is 0. The van der Waals surface area contributed by atoms with Gasteiger partial charge in [-0.15, -0.1) is 24.8 Å². The molecule has 0 saturated carbocycles. The van der Waals surface area contributed by atoms with Crippen molar-refractivity contribution in [3.05, 3.63) is 0 Å². The number of halogens is 2. The lowest BCUT2D eigenvalue weighted by atomic mass is 11.6. The number of methoxy groups -OCH3 is 1. The van der Waals surface area contributed by atoms with Crippen LogP contribution in [0, 0.1) is 0 Å². The number of rotatable bonds is 0. The third kappa shape index (κ3) is 100. The highest BCUT2D eigenvalue weighted by Crippen LogP contribution is 1.28. The summed E-state index contributed by atoms with van der Waals surface area (Å²) in [6.07, 6.45) is 0. The molecule has 0 heterocycles. The quantitative estimate of drug-likeness (QED) is 0.464. The second kappa shape index (κ2) is 24.0. The smallest absolute Gasteiger partial charge is 0.0351 e. The summed E-state index contributed by atoms with van der Waals surface area (Å²) in [5, 5.41) is 0. The van der Waals surface area contributed by atoms with E-state index in [-0.39, 0.29) is 24.8 Å². The fourth-order valence-electron chi connectivity index (χ4n) is 0. The molecular weight excluding hydrogens is 111 g/mol. The van der Waals surface area contributed by atoms with Crippen LogP contribution >= 0.6 is 24.8 Å². The lowest BCUT2D eigenvalue weighted by molar-refractivity contribution is 0.277. The van der Waals surface area contributed by atoms with Crippen molar-refractivity contribution in [3.63, 3.8) is 0 Å². The second-order valence-corrected chi connectivity index (χ2v) is 0.408. The van der Waals surface area contributed by atoms with Crippen molar-refractivity contribution in [2.24, 2.45) is 0 Å². The number of ether oxygens (including phenoxy) is 1. The van der Waals surface area contributed by atoms with Gasteiger partial charge in [-0.05, 0) is 0 Å². The normalized spacial score (nSPS) is 3.60. The molecule has 1 nitrogen and oxygen atoms in total. The Bertz CT molecular complexity index is 7.61. The highest BCUT2D eigenvalue weighted by atomic mass is 35.5. The standard InChI is InChI=1S/C2H6O.2ClH/c1-3-2;;/h1-2H3;2*1H. The summed E-state index contributed by atoms with van der Waals surface area (Å²) < 4.78 is 4.25. The molecule has 0 amide bonds. The van der Waals surface area contributed by atoms with E-state index in [1.807, 2.05) is 0 Å². The first kappa shape index (κ1) is 17.7. The van der Waals surface area contributed by atoms with Gasteiger partial charge in [0.1, 0.15) is 0 Å². The minimum Gasteiger partial charge on any atom is -0.388 e. The highest BCUT2D eigenvalue weighted by Gasteiger charge is 1.25. The lowest BCUT2D eigenvalue weighted by Gasteiger charge is -1.61. The summed E-state index contributed by atoms with van der Waals surface area (Å²) in [4.78, 5) is 0. The van der Waals surface area contributed by atoms with Crippen LogP contribution in [0.25, 0.3) is 0 Å². The summed E-state index contributed by atoms with van der Waals surface area (Å²) in [6, 6.07) is 0. The van der Waals surface area contributed by atoms with Crippen LogP contribution in [-0.2, 0) is 4.74 Å². The van der Waals surface area contributed by atoms with Crippen molar-refractivity contribution in [1.29, 1.82) is 0 Å². The largest absolute Gasteiger partial charge is 0.388 e. The van der Waals surface area contributed by atoms with E-state index in [4.69, 9.17) is 0 Å². The van der Waals surface area contributed by atoms with Gasteiger partial charge in [0.05, 0.1) is 0 Å². The van der Waals surface area contributed by atoms with Gasteiger partial charge in [-0.2, -0.15) is 0 Å². The van der Waals surface area contributed by atoms with Gasteiger partial charge in [-0.1, -0.05) is 0 Å². The minimum atomic E-state index is 0. The summed E-state index contributed by atoms with van der Waals surface area (Å²) in [5.41, 5.74) is 0. The minimum absolute atomic E-state index is 0. The van der Waals surface area contributed by atoms with Gasteiger partial charge in [0.25, 0.3) is 0 Å². The van der Waals surface area contributed by atoms with E-state index in [9.17, 15) is 0 Å². The van der Waals surface area contributed by atoms with Gasteiger partial charge in [-0.25, -0.2) is 0 Å². The first-order valence-electron chi connectivity index (χ1n) is 0.816. The Morgan fingerprint density at radius 2 is 1.00 bits per heavy atom. The molecule has 0 rings (SSSR count). The van der Waals surface area contributed by atoms with Gasteiger partial charge in [-0.3, -0.25) is 0 Å². The highest BCUT2D eigenvalue weighted by molar-refractivity contribution is 5.85. The fraction of sp³-hybridized carbons (Fsp3) is 1.00. The van der Waals surface area contributed by atoms with Gasteiger partial charge >= 0.3 is 0 Å². The third-order valence-electron chi connectivity index (χ3n) is 0. The van der Waals surface area contributed by atoms with Crippen molar-refractivity contribution in [3.8, 4) is 0 Å².